The molecule has 0 spiro atoms. The average Bonchev–Trinajstić information content (AvgIpc) is 3.71. The lowest BCUT2D eigenvalue weighted by molar-refractivity contribution is -0.137. The van der Waals surface area contributed by atoms with Crippen molar-refractivity contribution in [3.05, 3.63) is 94.9 Å². The lowest BCUT2D eigenvalue weighted by Crippen LogP contribution is -2.53. The first-order valence-electron chi connectivity index (χ1n) is 25.4. The maximum absolute atomic E-state index is 13.4. The molecule has 5 amide bonds. The Hall–Kier alpha value is -5.91. The summed E-state index contributed by atoms with van der Waals surface area (Å²) in [5.41, 5.74) is 3.92. The van der Waals surface area contributed by atoms with Gasteiger partial charge >= 0.3 is 0 Å². The van der Waals surface area contributed by atoms with Gasteiger partial charge in [-0.05, 0) is 111 Å². The van der Waals surface area contributed by atoms with E-state index >= 15 is 0 Å². The maximum atomic E-state index is 13.4. The zero-order chi connectivity index (χ0) is 47.1. The van der Waals surface area contributed by atoms with E-state index in [1.807, 2.05) is 41.3 Å². The third kappa shape index (κ3) is 13.2. The monoisotopic (exact) mass is 924 g/mol. The molecular weight excluding hydrogens is 855 g/mol. The highest BCUT2D eigenvalue weighted by Gasteiger charge is 2.40. The molecule has 1 unspecified atom stereocenters. The number of hydrogen-bond donors (Lipinski definition) is 2. The number of amides is 5. The predicted octanol–water partition coefficient (Wildman–Crippen LogP) is 6.07. The molecule has 5 aliphatic heterocycles. The summed E-state index contributed by atoms with van der Waals surface area (Å²) in [6.07, 6.45) is 23.3. The van der Waals surface area contributed by atoms with Crippen LogP contribution in [0.15, 0.2) is 67.1 Å². The van der Waals surface area contributed by atoms with Crippen LogP contribution in [0.25, 0.3) is 6.08 Å². The van der Waals surface area contributed by atoms with E-state index in [4.69, 9.17) is 4.98 Å². The lowest BCUT2D eigenvalue weighted by Gasteiger charge is -2.43. The fourth-order valence-electron chi connectivity index (χ4n) is 10.5. The number of fused-ring (bicyclic) bond motifs is 1. The summed E-state index contributed by atoms with van der Waals surface area (Å²) in [5, 5.41) is 5.34. The Balaban J connectivity index is 0.642. The first-order chi connectivity index (χ1) is 33.3. The standard InChI is InChI=1S/C54H69N9O5/c64-50(21-17-42-13-11-27-55-38-42)56-28-8-7-12-41-23-30-62(31-24-41)53(67)44-18-20-49(57-39-44)61-32-25-45(26-33-61)60-36-34-59(35-37-60)29-9-5-3-1-2-4-6-14-43-15-10-16-46-47(43)40-63(54(46)68)48-19-22-51(65)58-52(48)66/h10-11,13,15-18,20-21,27,38-39,41,45,48H,1-5,7-9,12,19,22-26,28-37,40H2,(H,56,64)(H,58,65,66)/b21-17+. The number of imide groups is 1. The van der Waals surface area contributed by atoms with Crippen molar-refractivity contribution in [2.45, 2.75) is 115 Å². The van der Waals surface area contributed by atoms with Gasteiger partial charge in [-0.25, -0.2) is 4.98 Å². The molecule has 5 aliphatic rings. The van der Waals surface area contributed by atoms with Crippen LogP contribution in [0.4, 0.5) is 5.82 Å². The number of piperazine rings is 1. The smallest absolute Gasteiger partial charge is 0.255 e. The number of anilines is 1. The minimum Gasteiger partial charge on any atom is -0.357 e. The van der Waals surface area contributed by atoms with Gasteiger partial charge in [-0.15, -0.1) is 0 Å². The van der Waals surface area contributed by atoms with Crippen molar-refractivity contribution in [2.75, 3.05) is 70.3 Å². The van der Waals surface area contributed by atoms with Crippen molar-refractivity contribution >= 4 is 41.4 Å². The van der Waals surface area contributed by atoms with E-state index < -0.39 is 11.9 Å². The number of likely N-dealkylation sites (tertiary alicyclic amines) is 1. The highest BCUT2D eigenvalue weighted by molar-refractivity contribution is 6.05. The molecule has 68 heavy (non-hydrogen) atoms. The minimum absolute atomic E-state index is 0.0814. The molecule has 8 rings (SSSR count). The average molecular weight is 924 g/mol. The second-order valence-electron chi connectivity index (χ2n) is 19.2. The molecule has 0 saturated carbocycles. The topological polar surface area (TPSA) is 151 Å². The van der Waals surface area contributed by atoms with Crippen LogP contribution in [-0.2, 0) is 20.9 Å². The molecule has 14 nitrogen and oxygen atoms in total. The Morgan fingerprint density at radius 3 is 2.38 bits per heavy atom. The van der Waals surface area contributed by atoms with Crippen LogP contribution in [-0.4, -0.2) is 137 Å². The number of nitrogens with zero attached hydrogens (tertiary/aromatic N) is 7. The Bertz CT molecular complexity index is 2290. The number of carbonyl (C=O) groups excluding carboxylic acids is 5. The van der Waals surface area contributed by atoms with Gasteiger partial charge in [-0.2, -0.15) is 0 Å². The summed E-state index contributed by atoms with van der Waals surface area (Å²) >= 11 is 0. The van der Waals surface area contributed by atoms with Gasteiger partial charge in [-0.3, -0.25) is 39.2 Å². The van der Waals surface area contributed by atoms with Crippen LogP contribution in [0.3, 0.4) is 0 Å². The van der Waals surface area contributed by atoms with Crippen molar-refractivity contribution in [2.24, 2.45) is 5.92 Å². The van der Waals surface area contributed by atoms with E-state index in [-0.39, 0.29) is 30.0 Å². The largest absolute Gasteiger partial charge is 0.357 e. The minimum atomic E-state index is -0.615. The van der Waals surface area contributed by atoms with Crippen molar-refractivity contribution < 1.29 is 24.0 Å². The number of rotatable bonds is 18. The molecule has 2 aromatic heterocycles. The van der Waals surface area contributed by atoms with E-state index in [1.54, 1.807) is 41.7 Å². The van der Waals surface area contributed by atoms with Crippen molar-refractivity contribution in [1.82, 2.24) is 40.2 Å². The second-order valence-corrected chi connectivity index (χ2v) is 19.2. The molecular formula is C54H69N9O5. The Morgan fingerprint density at radius 1 is 0.809 bits per heavy atom. The van der Waals surface area contributed by atoms with E-state index in [9.17, 15) is 24.0 Å². The number of benzene rings is 1. The van der Waals surface area contributed by atoms with Gasteiger partial charge in [0.25, 0.3) is 11.8 Å². The van der Waals surface area contributed by atoms with Gasteiger partial charge in [0.15, 0.2) is 0 Å². The van der Waals surface area contributed by atoms with Crippen LogP contribution >= 0.6 is 0 Å². The van der Waals surface area contributed by atoms with Crippen LogP contribution in [0.1, 0.15) is 134 Å². The van der Waals surface area contributed by atoms with Gasteiger partial charge in [0, 0.05) is 120 Å². The van der Waals surface area contributed by atoms with Crippen LogP contribution in [0.5, 0.6) is 0 Å². The van der Waals surface area contributed by atoms with Gasteiger partial charge in [0.1, 0.15) is 11.9 Å². The summed E-state index contributed by atoms with van der Waals surface area (Å²) in [5.74, 6) is 7.37. The molecule has 1 aromatic carbocycles. The van der Waals surface area contributed by atoms with Crippen molar-refractivity contribution in [3.63, 3.8) is 0 Å². The summed E-state index contributed by atoms with van der Waals surface area (Å²) < 4.78 is 0. The van der Waals surface area contributed by atoms with Gasteiger partial charge in [0.05, 0.1) is 5.56 Å². The molecule has 360 valence electrons. The molecule has 0 bridgehead atoms. The number of unbranched alkanes of at least 4 members (excludes halogenated alkanes) is 6. The Kier molecular flexibility index (Phi) is 17.4. The normalized spacial score (nSPS) is 19.8. The maximum Gasteiger partial charge on any atom is 0.255 e. The molecule has 14 heteroatoms. The number of pyridine rings is 2. The summed E-state index contributed by atoms with van der Waals surface area (Å²) in [6.45, 7) is 10.3. The van der Waals surface area contributed by atoms with E-state index in [2.05, 4.69) is 42.2 Å². The fourth-order valence-corrected chi connectivity index (χ4v) is 10.5. The van der Waals surface area contributed by atoms with Crippen LogP contribution < -0.4 is 15.5 Å². The summed E-state index contributed by atoms with van der Waals surface area (Å²) in [4.78, 5) is 82.8. The highest BCUT2D eigenvalue weighted by atomic mass is 16.2. The first-order valence-corrected chi connectivity index (χ1v) is 25.4. The molecule has 0 aliphatic carbocycles. The van der Waals surface area contributed by atoms with Crippen LogP contribution in [0, 0.1) is 17.8 Å². The van der Waals surface area contributed by atoms with Gasteiger partial charge in [-0.1, -0.05) is 56.1 Å². The third-order valence-electron chi connectivity index (χ3n) is 14.6. The molecule has 0 radical (unpaired) electrons. The fraction of sp³-hybridized carbons (Fsp3) is 0.537. The van der Waals surface area contributed by atoms with E-state index in [0.717, 1.165) is 139 Å². The van der Waals surface area contributed by atoms with E-state index in [0.29, 0.717) is 42.6 Å². The third-order valence-corrected chi connectivity index (χ3v) is 14.6. The van der Waals surface area contributed by atoms with Crippen molar-refractivity contribution in [3.8, 4) is 11.8 Å². The SMILES string of the molecule is O=C(/C=C/c1cccnc1)NCCCCC1CCN(C(=O)c2ccc(N3CCC(N4CCN(CCCCCCCC#Cc5cccc6c5CN(C5CCC(=O)NC5=O)C6=O)CC4)CC3)nc2)CC1. The van der Waals surface area contributed by atoms with Crippen molar-refractivity contribution in [1.29, 1.82) is 0 Å². The molecule has 4 fully saturated rings. The first kappa shape index (κ1) is 48.5. The Labute approximate surface area is 402 Å². The second kappa shape index (κ2) is 24.4. The molecule has 3 aromatic rings. The number of piperidine rings is 3. The predicted molar refractivity (Wildman–Crippen MR) is 263 cm³/mol. The highest BCUT2D eigenvalue weighted by Crippen LogP contribution is 2.30. The lowest BCUT2D eigenvalue weighted by atomic mass is 9.91. The quantitative estimate of drug-likeness (QED) is 0.0667. The number of carbonyl (C=O) groups is 5. The zero-order valence-corrected chi connectivity index (χ0v) is 39.7. The number of nitrogens with one attached hydrogen (secondary N) is 2. The van der Waals surface area contributed by atoms with Gasteiger partial charge in [0.2, 0.25) is 17.7 Å². The summed E-state index contributed by atoms with van der Waals surface area (Å²) in [6, 6.07) is 13.4. The molecule has 4 saturated heterocycles. The summed E-state index contributed by atoms with van der Waals surface area (Å²) in [7, 11) is 0. The van der Waals surface area contributed by atoms with Crippen LogP contribution in [0.2, 0.25) is 0 Å². The number of aromatic nitrogens is 2. The number of hydrogen-bond acceptors (Lipinski definition) is 10. The zero-order valence-electron chi connectivity index (χ0n) is 39.7. The van der Waals surface area contributed by atoms with E-state index in [1.165, 1.54) is 25.8 Å². The van der Waals surface area contributed by atoms with Gasteiger partial charge < -0.3 is 24.9 Å². The molecule has 7 heterocycles. The Morgan fingerprint density at radius 2 is 1.62 bits per heavy atom. The molecule has 1 atom stereocenters. The molecule has 2 N–H and O–H groups in total.